The maximum Gasteiger partial charge on any atom is 0.256 e. The van der Waals surface area contributed by atoms with E-state index >= 15 is 0 Å². The minimum Gasteiger partial charge on any atom is -0.431 e. The predicted molar refractivity (Wildman–Crippen MR) is 88.3 cm³/mol. The van der Waals surface area contributed by atoms with Crippen molar-refractivity contribution in [3.8, 4) is 11.3 Å². The number of carbonyl (C=O) groups is 1. The maximum absolute atomic E-state index is 11.6. The van der Waals surface area contributed by atoms with Crippen LogP contribution in [0.25, 0.3) is 11.3 Å². The molecule has 112 valence electrons. The molecule has 6 heteroatoms. The average Bonchev–Trinajstić information content (AvgIpc) is 2.95. The second-order valence-corrected chi connectivity index (χ2v) is 6.33. The summed E-state index contributed by atoms with van der Waals surface area (Å²) in [6.45, 7) is 2.82. The summed E-state index contributed by atoms with van der Waals surface area (Å²) in [5.41, 5.74) is 0.963. The molecule has 0 bridgehead atoms. The zero-order valence-corrected chi connectivity index (χ0v) is 14.2. The number of nitrogens with zero attached hydrogens (tertiary/aromatic N) is 1. The summed E-state index contributed by atoms with van der Waals surface area (Å²) in [6, 6.07) is 7.81. The van der Waals surface area contributed by atoms with Crippen LogP contribution in [0, 0.1) is 0 Å². The Morgan fingerprint density at radius 3 is 2.86 bits per heavy atom. The molecule has 0 atom stereocenters. The molecule has 0 aliphatic rings. The van der Waals surface area contributed by atoms with Gasteiger partial charge in [0.15, 0.2) is 5.76 Å². The van der Waals surface area contributed by atoms with E-state index in [9.17, 15) is 4.79 Å². The Morgan fingerprint density at radius 1 is 1.38 bits per heavy atom. The van der Waals surface area contributed by atoms with Gasteiger partial charge in [0, 0.05) is 16.6 Å². The quantitative estimate of drug-likeness (QED) is 0.590. The van der Waals surface area contributed by atoms with Gasteiger partial charge in [-0.25, -0.2) is 4.98 Å². The number of rotatable bonds is 7. The van der Waals surface area contributed by atoms with Gasteiger partial charge < -0.3 is 9.73 Å². The fourth-order valence-electron chi connectivity index (χ4n) is 1.66. The molecule has 1 aromatic heterocycles. The molecule has 0 spiro atoms. The van der Waals surface area contributed by atoms with Crippen LogP contribution in [0.3, 0.4) is 0 Å². The number of nitrogens with one attached hydrogen (secondary N) is 1. The van der Waals surface area contributed by atoms with E-state index in [1.165, 1.54) is 11.8 Å². The third-order valence-electron chi connectivity index (χ3n) is 2.79. The summed E-state index contributed by atoms with van der Waals surface area (Å²) >= 11 is 4.70. The Balaban J connectivity index is 1.86. The summed E-state index contributed by atoms with van der Waals surface area (Å²) in [6.07, 6.45) is 3.76. The van der Waals surface area contributed by atoms with Crippen LogP contribution in [0.15, 0.2) is 44.6 Å². The Bertz CT molecular complexity index is 584. The van der Waals surface area contributed by atoms with Crippen molar-refractivity contribution in [3.63, 3.8) is 0 Å². The van der Waals surface area contributed by atoms with E-state index in [4.69, 9.17) is 4.42 Å². The largest absolute Gasteiger partial charge is 0.431 e. The van der Waals surface area contributed by atoms with Crippen molar-refractivity contribution in [3.05, 3.63) is 34.9 Å². The zero-order valence-electron chi connectivity index (χ0n) is 11.8. The predicted octanol–water partition coefficient (Wildman–Crippen LogP) is 4.11. The normalized spacial score (nSPS) is 10.6. The van der Waals surface area contributed by atoms with E-state index < -0.39 is 0 Å². The van der Waals surface area contributed by atoms with Crippen LogP contribution in [-0.4, -0.2) is 23.2 Å². The third kappa shape index (κ3) is 5.21. The first-order valence-corrected chi connectivity index (χ1v) is 8.58. The van der Waals surface area contributed by atoms with Crippen LogP contribution in [-0.2, 0) is 4.79 Å². The smallest absolute Gasteiger partial charge is 0.256 e. The van der Waals surface area contributed by atoms with Crippen molar-refractivity contribution in [2.24, 2.45) is 0 Å². The third-order valence-corrected chi connectivity index (χ3v) is 4.16. The first kappa shape index (κ1) is 16.1. The lowest BCUT2D eigenvalue weighted by Crippen LogP contribution is -2.25. The molecular weight excluding hydrogens is 352 g/mol. The molecule has 0 aliphatic carbocycles. The van der Waals surface area contributed by atoms with Gasteiger partial charge in [-0.1, -0.05) is 53.2 Å². The number of oxazole rings is 1. The molecule has 1 aromatic carbocycles. The molecule has 1 N–H and O–H groups in total. The minimum atomic E-state index is 0.0110. The summed E-state index contributed by atoms with van der Waals surface area (Å²) in [5, 5.41) is 3.38. The molecule has 0 unspecified atom stereocenters. The molecule has 1 amide bonds. The van der Waals surface area contributed by atoms with Crippen LogP contribution in [0.4, 0.5) is 0 Å². The maximum atomic E-state index is 11.6. The second-order valence-electron chi connectivity index (χ2n) is 4.49. The highest BCUT2D eigenvalue weighted by Crippen LogP contribution is 2.26. The topological polar surface area (TPSA) is 55.1 Å². The standard InChI is InChI=1S/C15H17BrN2O2S/c1-2-3-8-17-14(19)10-21-15-18-9-13(20-15)11-4-6-12(16)7-5-11/h4-7,9H,2-3,8,10H2,1H3,(H,17,19). The highest BCUT2D eigenvalue weighted by atomic mass is 79.9. The molecule has 2 rings (SSSR count). The van der Waals surface area contributed by atoms with Gasteiger partial charge >= 0.3 is 0 Å². The van der Waals surface area contributed by atoms with Crippen LogP contribution in [0.2, 0.25) is 0 Å². The lowest BCUT2D eigenvalue weighted by molar-refractivity contribution is -0.118. The molecule has 0 fully saturated rings. The fraction of sp³-hybridized carbons (Fsp3) is 0.333. The van der Waals surface area contributed by atoms with Crippen molar-refractivity contribution in [2.45, 2.75) is 25.0 Å². The first-order chi connectivity index (χ1) is 10.2. The molecular formula is C15H17BrN2O2S. The van der Waals surface area contributed by atoms with Gasteiger partial charge in [-0.3, -0.25) is 4.79 Å². The molecule has 1 heterocycles. The number of hydrogen-bond acceptors (Lipinski definition) is 4. The van der Waals surface area contributed by atoms with Crippen molar-refractivity contribution in [1.29, 1.82) is 0 Å². The van der Waals surface area contributed by atoms with Gasteiger partial charge in [0.05, 0.1) is 11.9 Å². The van der Waals surface area contributed by atoms with Crippen LogP contribution in [0.5, 0.6) is 0 Å². The van der Waals surface area contributed by atoms with Crippen LogP contribution >= 0.6 is 27.7 Å². The summed E-state index contributed by atoms with van der Waals surface area (Å²) in [4.78, 5) is 15.8. The van der Waals surface area contributed by atoms with Gasteiger partial charge in [-0.2, -0.15) is 0 Å². The van der Waals surface area contributed by atoms with Crippen molar-refractivity contribution >= 4 is 33.6 Å². The second kappa shape index (κ2) is 8.24. The van der Waals surface area contributed by atoms with Crippen molar-refractivity contribution in [1.82, 2.24) is 10.3 Å². The SMILES string of the molecule is CCCCNC(=O)CSc1ncc(-c2ccc(Br)cc2)o1. The highest BCUT2D eigenvalue weighted by Gasteiger charge is 2.09. The summed E-state index contributed by atoms with van der Waals surface area (Å²) in [7, 11) is 0. The van der Waals surface area contributed by atoms with E-state index in [0.717, 1.165) is 29.4 Å². The molecule has 0 saturated heterocycles. The van der Waals surface area contributed by atoms with Gasteiger partial charge in [0.1, 0.15) is 0 Å². The van der Waals surface area contributed by atoms with E-state index in [1.54, 1.807) is 6.20 Å². The molecule has 0 saturated carbocycles. The number of aromatic nitrogens is 1. The van der Waals surface area contributed by atoms with Crippen LogP contribution < -0.4 is 5.32 Å². The van der Waals surface area contributed by atoms with E-state index in [-0.39, 0.29) is 5.91 Å². The van der Waals surface area contributed by atoms with Gasteiger partial charge in [-0.05, 0) is 18.6 Å². The van der Waals surface area contributed by atoms with E-state index in [0.29, 0.717) is 16.7 Å². The fourth-order valence-corrected chi connectivity index (χ4v) is 2.55. The number of thioether (sulfide) groups is 1. The number of carbonyl (C=O) groups excluding carboxylic acids is 1. The lowest BCUT2D eigenvalue weighted by Gasteiger charge is -2.02. The molecule has 0 aliphatic heterocycles. The van der Waals surface area contributed by atoms with Gasteiger partial charge in [0.25, 0.3) is 5.22 Å². The Labute approximate surface area is 136 Å². The number of benzene rings is 1. The van der Waals surface area contributed by atoms with Gasteiger partial charge in [-0.15, -0.1) is 0 Å². The van der Waals surface area contributed by atoms with Crippen molar-refractivity contribution in [2.75, 3.05) is 12.3 Å². The number of halogens is 1. The highest BCUT2D eigenvalue weighted by molar-refractivity contribution is 9.10. The number of unbranched alkanes of at least 4 members (excludes halogenated alkanes) is 1. The average molecular weight is 369 g/mol. The molecule has 21 heavy (non-hydrogen) atoms. The van der Waals surface area contributed by atoms with Crippen LogP contribution in [0.1, 0.15) is 19.8 Å². The van der Waals surface area contributed by atoms with E-state index in [1.807, 2.05) is 24.3 Å². The Morgan fingerprint density at radius 2 is 2.14 bits per heavy atom. The monoisotopic (exact) mass is 368 g/mol. The van der Waals surface area contributed by atoms with E-state index in [2.05, 4.69) is 33.2 Å². The van der Waals surface area contributed by atoms with Crippen molar-refractivity contribution < 1.29 is 9.21 Å². The summed E-state index contributed by atoms with van der Waals surface area (Å²) < 4.78 is 6.66. The lowest BCUT2D eigenvalue weighted by atomic mass is 10.2. The molecule has 0 radical (unpaired) electrons. The summed E-state index contributed by atoms with van der Waals surface area (Å²) in [5.74, 6) is 1.04. The first-order valence-electron chi connectivity index (χ1n) is 6.80. The number of hydrogen-bond donors (Lipinski definition) is 1. The zero-order chi connectivity index (χ0) is 15.1. The Hall–Kier alpha value is -1.27. The molecule has 4 nitrogen and oxygen atoms in total. The Kier molecular flexibility index (Phi) is 6.32. The number of amides is 1. The molecule has 2 aromatic rings. The van der Waals surface area contributed by atoms with Gasteiger partial charge in [0.2, 0.25) is 5.91 Å². The minimum absolute atomic E-state index is 0.0110.